The number of aromatic nitrogens is 1. The average molecular weight is 172 g/mol. The molecule has 2 rings (SSSR count). The van der Waals surface area contributed by atoms with E-state index in [4.69, 9.17) is 4.74 Å². The van der Waals surface area contributed by atoms with E-state index in [9.17, 15) is 0 Å². The van der Waals surface area contributed by atoms with Crippen molar-refractivity contribution in [2.45, 2.75) is 0 Å². The molecule has 0 spiro atoms. The predicted octanol–water partition coefficient (Wildman–Crippen LogP) is 2.29. The van der Waals surface area contributed by atoms with Crippen LogP contribution in [-0.4, -0.2) is 11.7 Å². The van der Waals surface area contributed by atoms with Gasteiger partial charge in [-0.25, -0.2) is 0 Å². The highest BCUT2D eigenvalue weighted by atomic mass is 16.5. The number of benzene rings is 1. The van der Waals surface area contributed by atoms with E-state index in [1.54, 1.807) is 7.11 Å². The van der Waals surface area contributed by atoms with E-state index in [1.807, 2.05) is 47.2 Å². The molecule has 13 heavy (non-hydrogen) atoms. The summed E-state index contributed by atoms with van der Waals surface area (Å²) in [6.07, 6.45) is 5.03. The molecule has 1 heterocycles. The molecule has 0 fully saturated rings. The maximum absolute atomic E-state index is 5.07. The molecule has 0 aliphatic carbocycles. The van der Waals surface area contributed by atoms with Crippen molar-refractivity contribution in [3.63, 3.8) is 0 Å². The van der Waals surface area contributed by atoms with Crippen LogP contribution in [-0.2, 0) is 0 Å². The number of ether oxygens (including phenoxy) is 1. The van der Waals surface area contributed by atoms with Crippen LogP contribution >= 0.6 is 0 Å². The largest absolute Gasteiger partial charge is 0.497 e. The van der Waals surface area contributed by atoms with Crippen LogP contribution < -0.4 is 4.74 Å². The quantitative estimate of drug-likeness (QED) is 0.677. The van der Waals surface area contributed by atoms with E-state index in [2.05, 4.69) is 6.20 Å². The molecular weight excluding hydrogens is 162 g/mol. The highest BCUT2D eigenvalue weighted by molar-refractivity contribution is 5.37. The highest BCUT2D eigenvalue weighted by Gasteiger charge is 1.94. The summed E-state index contributed by atoms with van der Waals surface area (Å²) in [7, 11) is 1.66. The summed E-state index contributed by atoms with van der Waals surface area (Å²) in [5.74, 6) is 0.871. The summed E-state index contributed by atoms with van der Waals surface area (Å²) in [6.45, 7) is 0. The van der Waals surface area contributed by atoms with E-state index >= 15 is 0 Å². The van der Waals surface area contributed by atoms with Gasteiger partial charge in [0.05, 0.1) is 13.3 Å². The predicted molar refractivity (Wildman–Crippen MR) is 51.2 cm³/mol. The third-order valence-corrected chi connectivity index (χ3v) is 1.90. The molecule has 0 aliphatic heterocycles. The second-order valence-corrected chi connectivity index (χ2v) is 2.71. The molecule has 1 aromatic carbocycles. The first-order valence-electron chi connectivity index (χ1n) is 4.09. The lowest BCUT2D eigenvalue weighted by atomic mass is 10.3. The highest BCUT2D eigenvalue weighted by Crippen LogP contribution is 2.14. The topological polar surface area (TPSA) is 14.2 Å². The number of hydrogen-bond donors (Lipinski definition) is 0. The second kappa shape index (κ2) is 3.35. The Morgan fingerprint density at radius 1 is 1.23 bits per heavy atom. The van der Waals surface area contributed by atoms with Gasteiger partial charge >= 0.3 is 0 Å². The fraction of sp³-hybridized carbons (Fsp3) is 0.0909. The molecule has 0 amide bonds. The van der Waals surface area contributed by atoms with Crippen molar-refractivity contribution in [3.05, 3.63) is 48.8 Å². The van der Waals surface area contributed by atoms with Crippen molar-refractivity contribution in [2.75, 3.05) is 7.11 Å². The Morgan fingerprint density at radius 2 is 2.00 bits per heavy atom. The maximum Gasteiger partial charge on any atom is 0.119 e. The van der Waals surface area contributed by atoms with Gasteiger partial charge in [-0.1, -0.05) is 0 Å². The van der Waals surface area contributed by atoms with Crippen molar-refractivity contribution in [3.8, 4) is 11.4 Å². The molecule has 1 radical (unpaired) electrons. The molecule has 65 valence electrons. The number of hydrogen-bond acceptors (Lipinski definition) is 1. The molecular formula is C11H10NO. The summed E-state index contributed by atoms with van der Waals surface area (Å²) in [5, 5.41) is 0. The molecule has 0 saturated heterocycles. The van der Waals surface area contributed by atoms with E-state index in [0.29, 0.717) is 0 Å². The molecule has 2 heteroatoms. The zero-order valence-corrected chi connectivity index (χ0v) is 7.40. The minimum absolute atomic E-state index is 0.871. The van der Waals surface area contributed by atoms with Gasteiger partial charge in [0.2, 0.25) is 0 Å². The molecule has 2 nitrogen and oxygen atoms in total. The van der Waals surface area contributed by atoms with Crippen LogP contribution in [0.5, 0.6) is 5.75 Å². The van der Waals surface area contributed by atoms with E-state index in [0.717, 1.165) is 11.4 Å². The molecule has 0 N–H and O–H groups in total. The standard InChI is InChI=1S/C11H10NO/c1-13-11-6-4-10(5-7-11)12-8-2-3-9-12/h2-8H,1H3. The van der Waals surface area contributed by atoms with Gasteiger partial charge in [0.25, 0.3) is 0 Å². The third-order valence-electron chi connectivity index (χ3n) is 1.90. The fourth-order valence-electron chi connectivity index (χ4n) is 1.20. The monoisotopic (exact) mass is 172 g/mol. The number of methoxy groups -OCH3 is 1. The van der Waals surface area contributed by atoms with Crippen LogP contribution in [0.1, 0.15) is 0 Å². The SMILES string of the molecule is COc1ccc(-n2[c]ccc2)cc1. The van der Waals surface area contributed by atoms with Crippen molar-refractivity contribution >= 4 is 0 Å². The normalized spacial score (nSPS) is 9.92. The van der Waals surface area contributed by atoms with E-state index in [1.165, 1.54) is 0 Å². The summed E-state index contributed by atoms with van der Waals surface area (Å²) in [6, 6.07) is 11.7. The molecule has 0 aliphatic rings. The van der Waals surface area contributed by atoms with Gasteiger partial charge in [0.1, 0.15) is 5.75 Å². The van der Waals surface area contributed by atoms with Gasteiger partial charge < -0.3 is 9.30 Å². The Labute approximate surface area is 77.4 Å². The smallest absolute Gasteiger partial charge is 0.119 e. The van der Waals surface area contributed by atoms with Crippen LogP contribution in [0, 0.1) is 6.20 Å². The maximum atomic E-state index is 5.07. The van der Waals surface area contributed by atoms with Gasteiger partial charge in [-0.3, -0.25) is 0 Å². The van der Waals surface area contributed by atoms with Crippen LogP contribution in [0.2, 0.25) is 0 Å². The number of rotatable bonds is 2. The Kier molecular flexibility index (Phi) is 2.04. The van der Waals surface area contributed by atoms with Crippen molar-refractivity contribution in [1.29, 1.82) is 0 Å². The fourth-order valence-corrected chi connectivity index (χ4v) is 1.20. The lowest BCUT2D eigenvalue weighted by molar-refractivity contribution is 0.415. The van der Waals surface area contributed by atoms with Crippen LogP contribution in [0.4, 0.5) is 0 Å². The van der Waals surface area contributed by atoms with Gasteiger partial charge in [0, 0.05) is 11.9 Å². The first kappa shape index (κ1) is 7.92. The van der Waals surface area contributed by atoms with Crippen molar-refractivity contribution in [2.24, 2.45) is 0 Å². The summed E-state index contributed by atoms with van der Waals surface area (Å²) in [5.41, 5.74) is 1.09. The van der Waals surface area contributed by atoms with Gasteiger partial charge in [-0.05, 0) is 36.4 Å². The van der Waals surface area contributed by atoms with Crippen molar-refractivity contribution in [1.82, 2.24) is 4.57 Å². The molecule has 0 saturated carbocycles. The zero-order valence-electron chi connectivity index (χ0n) is 7.40. The van der Waals surface area contributed by atoms with Crippen LogP contribution in [0.15, 0.2) is 42.6 Å². The Bertz CT molecular complexity index is 361. The summed E-state index contributed by atoms with van der Waals surface area (Å²) >= 11 is 0. The Morgan fingerprint density at radius 3 is 2.54 bits per heavy atom. The first-order valence-corrected chi connectivity index (χ1v) is 4.09. The summed E-state index contributed by atoms with van der Waals surface area (Å²) in [4.78, 5) is 0. The minimum Gasteiger partial charge on any atom is -0.497 e. The van der Waals surface area contributed by atoms with Gasteiger partial charge in [0.15, 0.2) is 0 Å². The molecule has 2 aromatic rings. The molecule has 1 aromatic heterocycles. The lowest BCUT2D eigenvalue weighted by Crippen LogP contribution is -1.89. The molecule has 0 bridgehead atoms. The van der Waals surface area contributed by atoms with E-state index in [-0.39, 0.29) is 0 Å². The third kappa shape index (κ3) is 1.56. The van der Waals surface area contributed by atoms with E-state index < -0.39 is 0 Å². The zero-order chi connectivity index (χ0) is 9.10. The van der Waals surface area contributed by atoms with Gasteiger partial charge in [-0.15, -0.1) is 0 Å². The van der Waals surface area contributed by atoms with Crippen molar-refractivity contribution < 1.29 is 4.74 Å². The molecule has 0 unspecified atom stereocenters. The Balaban J connectivity index is 2.33. The second-order valence-electron chi connectivity index (χ2n) is 2.71. The van der Waals surface area contributed by atoms with Gasteiger partial charge in [-0.2, -0.15) is 0 Å². The van der Waals surface area contributed by atoms with Crippen LogP contribution in [0.3, 0.4) is 0 Å². The first-order chi connectivity index (χ1) is 6.40. The lowest BCUT2D eigenvalue weighted by Gasteiger charge is -2.03. The number of nitrogens with zero attached hydrogens (tertiary/aromatic N) is 1. The minimum atomic E-state index is 0.871. The summed E-state index contributed by atoms with van der Waals surface area (Å²) < 4.78 is 7.00. The molecule has 0 atom stereocenters. The average Bonchev–Trinajstić information content (AvgIpc) is 2.71. The Hall–Kier alpha value is -1.70. The van der Waals surface area contributed by atoms with Crippen LogP contribution in [0.25, 0.3) is 5.69 Å².